The SMILES string of the molecule is Cc1ccc2oc(-c3ccc(F)cc3N)cc2c1. The van der Waals surface area contributed by atoms with Crippen molar-refractivity contribution in [3.8, 4) is 11.3 Å². The number of benzene rings is 2. The molecule has 0 atom stereocenters. The smallest absolute Gasteiger partial charge is 0.137 e. The number of furan rings is 1. The molecule has 0 saturated heterocycles. The Bertz CT molecular complexity index is 730. The fraction of sp³-hybridized carbons (Fsp3) is 0.0667. The molecule has 0 unspecified atom stereocenters. The fourth-order valence-electron chi connectivity index (χ4n) is 2.05. The Hall–Kier alpha value is -2.29. The van der Waals surface area contributed by atoms with E-state index in [-0.39, 0.29) is 5.82 Å². The molecular weight excluding hydrogens is 229 g/mol. The van der Waals surface area contributed by atoms with Gasteiger partial charge < -0.3 is 10.2 Å². The van der Waals surface area contributed by atoms with Gasteiger partial charge in [0.2, 0.25) is 0 Å². The van der Waals surface area contributed by atoms with Crippen LogP contribution in [0.1, 0.15) is 5.56 Å². The molecule has 1 heterocycles. The van der Waals surface area contributed by atoms with Gasteiger partial charge in [-0.15, -0.1) is 0 Å². The van der Waals surface area contributed by atoms with Gasteiger partial charge in [-0.05, 0) is 43.3 Å². The van der Waals surface area contributed by atoms with E-state index in [0.29, 0.717) is 17.0 Å². The van der Waals surface area contributed by atoms with Crippen molar-refractivity contribution in [1.29, 1.82) is 0 Å². The molecule has 0 saturated carbocycles. The van der Waals surface area contributed by atoms with Crippen molar-refractivity contribution >= 4 is 16.7 Å². The highest BCUT2D eigenvalue weighted by molar-refractivity contribution is 5.86. The van der Waals surface area contributed by atoms with Gasteiger partial charge in [0.15, 0.2) is 0 Å². The lowest BCUT2D eigenvalue weighted by Crippen LogP contribution is -1.89. The highest BCUT2D eigenvalue weighted by atomic mass is 19.1. The van der Waals surface area contributed by atoms with Crippen LogP contribution in [0.3, 0.4) is 0 Å². The summed E-state index contributed by atoms with van der Waals surface area (Å²) in [5.41, 5.74) is 8.87. The molecule has 1 aromatic heterocycles. The summed E-state index contributed by atoms with van der Waals surface area (Å²) in [6.07, 6.45) is 0. The van der Waals surface area contributed by atoms with E-state index in [0.717, 1.165) is 11.0 Å². The Labute approximate surface area is 104 Å². The van der Waals surface area contributed by atoms with Crippen molar-refractivity contribution in [1.82, 2.24) is 0 Å². The number of nitrogens with two attached hydrogens (primary N) is 1. The summed E-state index contributed by atoms with van der Waals surface area (Å²) in [5, 5.41) is 1.02. The zero-order valence-electron chi connectivity index (χ0n) is 9.91. The second kappa shape index (κ2) is 3.88. The van der Waals surface area contributed by atoms with Crippen LogP contribution in [-0.4, -0.2) is 0 Å². The number of hydrogen-bond donors (Lipinski definition) is 1. The molecule has 0 aliphatic heterocycles. The number of aryl methyl sites for hydroxylation is 1. The van der Waals surface area contributed by atoms with Gasteiger partial charge >= 0.3 is 0 Å². The Morgan fingerprint density at radius 2 is 1.89 bits per heavy atom. The molecule has 0 fully saturated rings. The third-order valence-corrected chi connectivity index (χ3v) is 2.95. The third-order valence-electron chi connectivity index (χ3n) is 2.95. The van der Waals surface area contributed by atoms with Crippen LogP contribution in [-0.2, 0) is 0 Å². The maximum absolute atomic E-state index is 13.0. The summed E-state index contributed by atoms with van der Waals surface area (Å²) in [6.45, 7) is 2.03. The fourth-order valence-corrected chi connectivity index (χ4v) is 2.05. The molecule has 0 aliphatic rings. The highest BCUT2D eigenvalue weighted by Crippen LogP contribution is 2.32. The third kappa shape index (κ3) is 1.74. The number of fused-ring (bicyclic) bond motifs is 1. The zero-order chi connectivity index (χ0) is 12.7. The van der Waals surface area contributed by atoms with Crippen molar-refractivity contribution in [3.63, 3.8) is 0 Å². The van der Waals surface area contributed by atoms with E-state index >= 15 is 0 Å². The molecule has 2 aromatic carbocycles. The molecule has 3 heteroatoms. The minimum Gasteiger partial charge on any atom is -0.456 e. The standard InChI is InChI=1S/C15H12FNO/c1-9-2-5-14-10(6-9)7-15(18-14)12-4-3-11(16)8-13(12)17/h2-8H,17H2,1H3. The van der Waals surface area contributed by atoms with E-state index in [4.69, 9.17) is 10.2 Å². The first kappa shape index (κ1) is 10.8. The summed E-state index contributed by atoms with van der Waals surface area (Å²) in [5.74, 6) is 0.316. The Kier molecular flexibility index (Phi) is 2.33. The molecule has 2 nitrogen and oxygen atoms in total. The van der Waals surface area contributed by atoms with Gasteiger partial charge in [0.1, 0.15) is 17.2 Å². The molecular formula is C15H12FNO. The molecule has 18 heavy (non-hydrogen) atoms. The molecule has 0 bridgehead atoms. The number of rotatable bonds is 1. The second-order valence-electron chi connectivity index (χ2n) is 4.38. The quantitative estimate of drug-likeness (QED) is 0.650. The molecule has 0 spiro atoms. The van der Waals surface area contributed by atoms with Gasteiger partial charge in [-0.25, -0.2) is 4.39 Å². The highest BCUT2D eigenvalue weighted by Gasteiger charge is 2.09. The predicted molar refractivity (Wildman–Crippen MR) is 70.8 cm³/mol. The van der Waals surface area contributed by atoms with E-state index in [1.165, 1.54) is 17.7 Å². The molecule has 3 aromatic rings. The Morgan fingerprint density at radius 3 is 2.67 bits per heavy atom. The van der Waals surface area contributed by atoms with Crippen molar-refractivity contribution in [2.45, 2.75) is 6.92 Å². The van der Waals surface area contributed by atoms with Crippen LogP contribution < -0.4 is 5.73 Å². The lowest BCUT2D eigenvalue weighted by Gasteiger charge is -2.01. The van der Waals surface area contributed by atoms with E-state index in [9.17, 15) is 4.39 Å². The molecule has 90 valence electrons. The lowest BCUT2D eigenvalue weighted by atomic mass is 10.1. The van der Waals surface area contributed by atoms with E-state index in [1.807, 2.05) is 31.2 Å². The maximum Gasteiger partial charge on any atom is 0.137 e. The van der Waals surface area contributed by atoms with E-state index in [2.05, 4.69) is 0 Å². The average Bonchev–Trinajstić information content (AvgIpc) is 2.71. The molecule has 0 aliphatic carbocycles. The van der Waals surface area contributed by atoms with Crippen molar-refractivity contribution in [2.24, 2.45) is 0 Å². The monoisotopic (exact) mass is 241 g/mol. The average molecular weight is 241 g/mol. The summed E-state index contributed by atoms with van der Waals surface area (Å²) in [7, 11) is 0. The summed E-state index contributed by atoms with van der Waals surface area (Å²) in [6, 6.07) is 12.2. The van der Waals surface area contributed by atoms with Crippen LogP contribution in [0.2, 0.25) is 0 Å². The summed E-state index contributed by atoms with van der Waals surface area (Å²) in [4.78, 5) is 0. The second-order valence-corrected chi connectivity index (χ2v) is 4.38. The van der Waals surface area contributed by atoms with Gasteiger partial charge in [0, 0.05) is 16.6 Å². The number of nitrogen functional groups attached to an aromatic ring is 1. The predicted octanol–water partition coefficient (Wildman–Crippen LogP) is 4.13. The van der Waals surface area contributed by atoms with E-state index in [1.54, 1.807) is 6.07 Å². The first-order valence-electron chi connectivity index (χ1n) is 5.69. The molecule has 0 radical (unpaired) electrons. The van der Waals surface area contributed by atoms with Crippen molar-refractivity contribution in [3.05, 3.63) is 53.8 Å². The first-order valence-corrected chi connectivity index (χ1v) is 5.69. The number of anilines is 1. The van der Waals surface area contributed by atoms with Crippen LogP contribution in [0.5, 0.6) is 0 Å². The van der Waals surface area contributed by atoms with Gasteiger partial charge in [-0.3, -0.25) is 0 Å². The maximum atomic E-state index is 13.0. The van der Waals surface area contributed by atoms with Gasteiger partial charge in [0.05, 0.1) is 0 Å². The molecule has 0 amide bonds. The Balaban J connectivity index is 2.19. The van der Waals surface area contributed by atoms with Gasteiger partial charge in [0.25, 0.3) is 0 Å². The summed E-state index contributed by atoms with van der Waals surface area (Å²) < 4.78 is 18.7. The molecule has 2 N–H and O–H groups in total. The zero-order valence-corrected chi connectivity index (χ0v) is 9.91. The van der Waals surface area contributed by atoms with Crippen molar-refractivity contribution in [2.75, 3.05) is 5.73 Å². The normalized spacial score (nSPS) is 11.0. The van der Waals surface area contributed by atoms with Crippen LogP contribution in [0.25, 0.3) is 22.3 Å². The number of hydrogen-bond acceptors (Lipinski definition) is 2. The largest absolute Gasteiger partial charge is 0.456 e. The van der Waals surface area contributed by atoms with Crippen molar-refractivity contribution < 1.29 is 8.81 Å². The Morgan fingerprint density at radius 1 is 1.06 bits per heavy atom. The van der Waals surface area contributed by atoms with Gasteiger partial charge in [-0.1, -0.05) is 11.6 Å². The number of halogens is 1. The van der Waals surface area contributed by atoms with E-state index < -0.39 is 0 Å². The first-order chi connectivity index (χ1) is 8.63. The van der Waals surface area contributed by atoms with Crippen LogP contribution >= 0.6 is 0 Å². The van der Waals surface area contributed by atoms with Crippen LogP contribution in [0.4, 0.5) is 10.1 Å². The van der Waals surface area contributed by atoms with Crippen LogP contribution in [0.15, 0.2) is 46.9 Å². The van der Waals surface area contributed by atoms with Gasteiger partial charge in [-0.2, -0.15) is 0 Å². The minimum absolute atomic E-state index is 0.344. The summed E-state index contributed by atoms with van der Waals surface area (Å²) >= 11 is 0. The lowest BCUT2D eigenvalue weighted by molar-refractivity contribution is 0.624. The topological polar surface area (TPSA) is 39.2 Å². The van der Waals surface area contributed by atoms with Crippen LogP contribution in [0, 0.1) is 12.7 Å². The minimum atomic E-state index is -0.344. The molecule has 3 rings (SSSR count).